The van der Waals surface area contributed by atoms with Crippen molar-refractivity contribution in [3.8, 4) is 11.5 Å². The molecule has 0 saturated carbocycles. The molecular formula is C14H16O7. The van der Waals surface area contributed by atoms with Crippen LogP contribution in [-0.4, -0.2) is 52.5 Å². The molecule has 3 N–H and O–H groups in total. The highest BCUT2D eigenvalue weighted by atomic mass is 16.6. The van der Waals surface area contributed by atoms with Crippen LogP contribution in [0, 0.1) is 0 Å². The molecule has 1 fully saturated rings. The second-order valence-corrected chi connectivity index (χ2v) is 4.77. The van der Waals surface area contributed by atoms with Crippen LogP contribution in [0.5, 0.6) is 11.5 Å². The zero-order valence-corrected chi connectivity index (χ0v) is 11.1. The topological polar surface area (TPSA) is 117 Å². The first-order chi connectivity index (χ1) is 10.0. The molecule has 21 heavy (non-hydrogen) atoms. The number of aromatic hydroxyl groups is 2. The third kappa shape index (κ3) is 4.17. The summed E-state index contributed by atoms with van der Waals surface area (Å²) >= 11 is 0. The molecule has 0 amide bonds. The Morgan fingerprint density at radius 1 is 1.38 bits per heavy atom. The minimum absolute atomic E-state index is 0.0817. The molecule has 1 aliphatic heterocycles. The highest BCUT2D eigenvalue weighted by Crippen LogP contribution is 2.26. The second kappa shape index (κ2) is 6.55. The van der Waals surface area contributed by atoms with Gasteiger partial charge in [0, 0.05) is 6.42 Å². The van der Waals surface area contributed by atoms with Crippen LogP contribution in [0.3, 0.4) is 0 Å². The van der Waals surface area contributed by atoms with E-state index in [0.29, 0.717) is 18.3 Å². The molecule has 2 unspecified atom stereocenters. The van der Waals surface area contributed by atoms with Crippen LogP contribution < -0.4 is 0 Å². The van der Waals surface area contributed by atoms with Gasteiger partial charge in [0.1, 0.15) is 12.2 Å². The molecule has 0 aliphatic carbocycles. The average Bonchev–Trinajstić information content (AvgIpc) is 3.22. The molecule has 7 nitrogen and oxygen atoms in total. The summed E-state index contributed by atoms with van der Waals surface area (Å²) in [6, 6.07) is 4.33. The van der Waals surface area contributed by atoms with E-state index in [1.807, 2.05) is 0 Å². The van der Waals surface area contributed by atoms with Crippen molar-refractivity contribution >= 4 is 12.3 Å². The predicted octanol–water partition coefficient (Wildman–Crippen LogP) is -0.0992. The third-order valence-corrected chi connectivity index (χ3v) is 3.14. The fourth-order valence-corrected chi connectivity index (χ4v) is 1.91. The summed E-state index contributed by atoms with van der Waals surface area (Å²) in [4.78, 5) is 21.8. The number of phenols is 2. The van der Waals surface area contributed by atoms with Gasteiger partial charge in [0.25, 0.3) is 0 Å². The molecule has 0 spiro atoms. The molecule has 1 aliphatic rings. The third-order valence-electron chi connectivity index (χ3n) is 3.14. The summed E-state index contributed by atoms with van der Waals surface area (Å²) < 4.78 is 9.80. The Bertz CT molecular complexity index is 528. The number of carbonyl (C=O) groups is 2. The Morgan fingerprint density at radius 3 is 2.76 bits per heavy atom. The first-order valence-corrected chi connectivity index (χ1v) is 6.46. The maximum Gasteiger partial charge on any atom is 0.308 e. The number of carbonyl (C=O) groups excluding carboxylic acids is 2. The molecule has 1 heterocycles. The molecule has 0 aromatic heterocycles. The smallest absolute Gasteiger partial charge is 0.308 e. The van der Waals surface area contributed by atoms with Crippen LogP contribution in [0.15, 0.2) is 18.2 Å². The molecule has 1 saturated heterocycles. The Morgan fingerprint density at radius 2 is 2.14 bits per heavy atom. The number of ether oxygens (including phenoxy) is 2. The zero-order chi connectivity index (χ0) is 15.4. The van der Waals surface area contributed by atoms with Crippen molar-refractivity contribution in [1.82, 2.24) is 0 Å². The first-order valence-electron chi connectivity index (χ1n) is 6.46. The molecule has 7 heteroatoms. The minimum atomic E-state index is -1.05. The number of aliphatic hydroxyl groups excluding tert-OH is 1. The number of epoxide rings is 1. The number of rotatable bonds is 7. The molecule has 1 aromatic rings. The zero-order valence-electron chi connectivity index (χ0n) is 11.1. The van der Waals surface area contributed by atoms with Crippen LogP contribution in [0.1, 0.15) is 12.0 Å². The maximum absolute atomic E-state index is 11.5. The summed E-state index contributed by atoms with van der Waals surface area (Å²) in [7, 11) is 0. The van der Waals surface area contributed by atoms with Gasteiger partial charge in [-0.3, -0.25) is 4.79 Å². The van der Waals surface area contributed by atoms with Gasteiger partial charge in [0.15, 0.2) is 17.8 Å². The van der Waals surface area contributed by atoms with E-state index in [0.717, 1.165) is 0 Å². The van der Waals surface area contributed by atoms with Crippen molar-refractivity contribution < 1.29 is 34.4 Å². The van der Waals surface area contributed by atoms with Gasteiger partial charge in [0.05, 0.1) is 19.1 Å². The molecule has 3 atom stereocenters. The second-order valence-electron chi connectivity index (χ2n) is 4.77. The monoisotopic (exact) mass is 296 g/mol. The van der Waals surface area contributed by atoms with Crippen LogP contribution >= 0.6 is 0 Å². The summed E-state index contributed by atoms with van der Waals surface area (Å²) in [6.07, 6.45) is -1.60. The molecule has 0 radical (unpaired) electrons. The van der Waals surface area contributed by atoms with Crippen LogP contribution in [0.2, 0.25) is 0 Å². The normalized spacial score (nSPS) is 21.6. The largest absolute Gasteiger partial charge is 0.504 e. The lowest BCUT2D eigenvalue weighted by molar-refractivity contribution is -0.146. The van der Waals surface area contributed by atoms with Gasteiger partial charge in [-0.2, -0.15) is 0 Å². The van der Waals surface area contributed by atoms with Gasteiger partial charge in [-0.25, -0.2) is 0 Å². The summed E-state index contributed by atoms with van der Waals surface area (Å²) in [5.41, 5.74) is 0.699. The van der Waals surface area contributed by atoms with Gasteiger partial charge in [-0.05, 0) is 17.7 Å². The lowest BCUT2D eigenvalue weighted by Gasteiger charge is -2.08. The van der Waals surface area contributed by atoms with E-state index in [4.69, 9.17) is 14.6 Å². The predicted molar refractivity (Wildman–Crippen MR) is 69.8 cm³/mol. The number of esters is 1. The molecule has 1 aromatic carbocycles. The van der Waals surface area contributed by atoms with E-state index in [-0.39, 0.29) is 24.5 Å². The summed E-state index contributed by atoms with van der Waals surface area (Å²) in [5, 5.41) is 28.1. The molecule has 0 bridgehead atoms. The highest BCUT2D eigenvalue weighted by molar-refractivity contribution is 5.70. The van der Waals surface area contributed by atoms with E-state index >= 15 is 0 Å². The Balaban J connectivity index is 1.69. The van der Waals surface area contributed by atoms with E-state index in [1.54, 1.807) is 6.07 Å². The lowest BCUT2D eigenvalue weighted by atomic mass is 10.1. The fraction of sp³-hybridized carbons (Fsp3) is 0.429. The molecular weight excluding hydrogens is 280 g/mol. The van der Waals surface area contributed by atoms with Crippen LogP contribution in [-0.2, 0) is 25.5 Å². The van der Waals surface area contributed by atoms with Gasteiger partial charge in [-0.15, -0.1) is 0 Å². The average molecular weight is 296 g/mol. The molecule has 2 rings (SSSR count). The van der Waals surface area contributed by atoms with E-state index in [2.05, 4.69) is 0 Å². The fourth-order valence-electron chi connectivity index (χ4n) is 1.91. The summed E-state index contributed by atoms with van der Waals surface area (Å²) in [6.45, 7) is 0.0817. The van der Waals surface area contributed by atoms with Gasteiger partial charge < -0.3 is 29.6 Å². The molecule has 114 valence electrons. The number of hydrogen-bond donors (Lipinski definition) is 3. The van der Waals surface area contributed by atoms with E-state index in [9.17, 15) is 19.8 Å². The first kappa shape index (κ1) is 15.3. The van der Waals surface area contributed by atoms with Gasteiger partial charge >= 0.3 is 5.97 Å². The number of phenolic OH excluding ortho intramolecular Hbond substituents is 2. The van der Waals surface area contributed by atoms with Crippen molar-refractivity contribution in [2.24, 2.45) is 0 Å². The van der Waals surface area contributed by atoms with Crippen LogP contribution in [0.4, 0.5) is 0 Å². The Kier molecular flexibility index (Phi) is 4.77. The van der Waals surface area contributed by atoms with Crippen molar-refractivity contribution in [2.45, 2.75) is 31.2 Å². The maximum atomic E-state index is 11.5. The minimum Gasteiger partial charge on any atom is -0.504 e. The van der Waals surface area contributed by atoms with Crippen molar-refractivity contribution in [3.63, 3.8) is 0 Å². The van der Waals surface area contributed by atoms with Crippen molar-refractivity contribution in [3.05, 3.63) is 23.8 Å². The van der Waals surface area contributed by atoms with E-state index in [1.165, 1.54) is 12.1 Å². The lowest BCUT2D eigenvalue weighted by Crippen LogP contribution is -2.23. The quantitative estimate of drug-likeness (QED) is 0.278. The van der Waals surface area contributed by atoms with Gasteiger partial charge in [0.2, 0.25) is 0 Å². The van der Waals surface area contributed by atoms with Crippen molar-refractivity contribution in [1.29, 1.82) is 0 Å². The number of aliphatic hydroxyl groups is 1. The number of aldehydes is 1. The number of benzene rings is 1. The van der Waals surface area contributed by atoms with Gasteiger partial charge in [-0.1, -0.05) is 6.07 Å². The highest BCUT2D eigenvalue weighted by Gasteiger charge is 2.45. The summed E-state index contributed by atoms with van der Waals surface area (Å²) in [5.74, 6) is -1.04. The van der Waals surface area contributed by atoms with Crippen molar-refractivity contribution in [2.75, 3.05) is 6.61 Å². The van der Waals surface area contributed by atoms with E-state index < -0.39 is 24.3 Å². The Labute approximate surface area is 120 Å². The van der Waals surface area contributed by atoms with Crippen LogP contribution in [0.25, 0.3) is 0 Å². The SMILES string of the molecule is O=CC1OC1[C@@H](O)CC(=O)OCCc1ccc(O)c(O)c1. The Hall–Kier alpha value is -2.12. The number of hydrogen-bond acceptors (Lipinski definition) is 7. The standard InChI is InChI=1S/C14H16O7/c15-7-12-14(21-12)11(18)6-13(19)20-4-3-8-1-2-9(16)10(17)5-8/h1-2,5,7,11-12,14,16-18H,3-4,6H2/t11-,12?,14?/m0/s1.